The Morgan fingerprint density at radius 2 is 1.96 bits per heavy atom. The maximum absolute atomic E-state index is 11.9. The van der Waals surface area contributed by atoms with Crippen molar-refractivity contribution in [3.63, 3.8) is 0 Å². The Morgan fingerprint density at radius 3 is 2.52 bits per heavy atom. The molecule has 2 aliphatic carbocycles. The van der Waals surface area contributed by atoms with E-state index in [0.717, 1.165) is 18.6 Å². The van der Waals surface area contributed by atoms with E-state index in [4.69, 9.17) is 16.3 Å². The number of hydrazone groups is 1. The van der Waals surface area contributed by atoms with Gasteiger partial charge in [0.2, 0.25) is 0 Å². The zero-order chi connectivity index (χ0) is 18.2. The zero-order valence-electron chi connectivity index (χ0n) is 14.8. The number of carbonyl (C=O) groups is 2. The Kier molecular flexibility index (Phi) is 4.62. The molecule has 0 saturated heterocycles. The van der Waals surface area contributed by atoms with Crippen molar-refractivity contribution in [2.45, 2.75) is 40.0 Å². The van der Waals surface area contributed by atoms with Gasteiger partial charge in [-0.2, -0.15) is 5.10 Å². The molecule has 1 N–H and O–H groups in total. The molecule has 134 valence electrons. The monoisotopic (exact) mass is 362 g/mol. The molecular formula is C19H23ClN2O3. The number of nitrogens with zero attached hydrogens (tertiary/aromatic N) is 1. The quantitative estimate of drug-likeness (QED) is 0.654. The van der Waals surface area contributed by atoms with Crippen LogP contribution >= 0.6 is 11.6 Å². The van der Waals surface area contributed by atoms with Gasteiger partial charge in [-0.15, -0.1) is 0 Å². The minimum Gasteiger partial charge on any atom is -0.452 e. The lowest BCUT2D eigenvalue weighted by Gasteiger charge is -2.34. The van der Waals surface area contributed by atoms with Gasteiger partial charge < -0.3 is 4.74 Å². The first kappa shape index (κ1) is 17.9. The number of fused-ring (bicyclic) bond motifs is 2. The molecule has 1 aromatic rings. The SMILES string of the molecule is CC12CCC(C/C1=N/NC(=O)COC(=O)c1ccc(Cl)cc1)C2(C)C. The molecule has 6 heteroatoms. The number of hydrogen-bond acceptors (Lipinski definition) is 4. The van der Waals surface area contributed by atoms with Gasteiger partial charge in [0.05, 0.1) is 5.56 Å². The fourth-order valence-corrected chi connectivity index (χ4v) is 4.19. The molecule has 2 aliphatic rings. The van der Waals surface area contributed by atoms with Gasteiger partial charge in [0.1, 0.15) is 0 Å². The third-order valence-electron chi connectivity index (χ3n) is 6.24. The van der Waals surface area contributed by atoms with Gasteiger partial charge in [-0.1, -0.05) is 32.4 Å². The van der Waals surface area contributed by atoms with E-state index in [2.05, 4.69) is 31.3 Å². The Hall–Kier alpha value is -1.88. The van der Waals surface area contributed by atoms with Gasteiger partial charge in [-0.25, -0.2) is 10.2 Å². The number of amides is 1. The summed E-state index contributed by atoms with van der Waals surface area (Å²) < 4.78 is 5.01. The first-order valence-corrected chi connectivity index (χ1v) is 8.90. The predicted octanol–water partition coefficient (Wildman–Crippen LogP) is 3.82. The minimum absolute atomic E-state index is 0.0327. The number of ether oxygens (including phenoxy) is 1. The standard InChI is InChI=1S/C19H23ClN2O3/c1-18(2)13-8-9-19(18,3)15(10-13)21-22-16(23)11-25-17(24)12-4-6-14(20)7-5-12/h4-7,13H,8-11H2,1-3H3,(H,22,23)/b21-15-. The van der Waals surface area contributed by atoms with Gasteiger partial charge in [-0.3, -0.25) is 4.79 Å². The number of benzene rings is 1. The van der Waals surface area contributed by atoms with Crippen LogP contribution in [0.15, 0.2) is 29.4 Å². The summed E-state index contributed by atoms with van der Waals surface area (Å²) in [6, 6.07) is 6.31. The molecule has 2 unspecified atom stereocenters. The van der Waals surface area contributed by atoms with E-state index in [-0.39, 0.29) is 17.4 Å². The van der Waals surface area contributed by atoms with Crippen LogP contribution < -0.4 is 5.43 Å². The van der Waals surface area contributed by atoms with Gasteiger partial charge in [0.15, 0.2) is 6.61 Å². The number of hydrogen-bond donors (Lipinski definition) is 1. The number of rotatable bonds is 4. The molecule has 0 radical (unpaired) electrons. The van der Waals surface area contributed by atoms with Crippen LogP contribution in [0.5, 0.6) is 0 Å². The maximum Gasteiger partial charge on any atom is 0.338 e. The molecule has 1 amide bonds. The molecule has 2 atom stereocenters. The van der Waals surface area contributed by atoms with Crippen LogP contribution in [0.3, 0.4) is 0 Å². The van der Waals surface area contributed by atoms with Crippen molar-refractivity contribution in [1.29, 1.82) is 0 Å². The second-order valence-electron chi connectivity index (χ2n) is 7.67. The first-order chi connectivity index (χ1) is 11.7. The summed E-state index contributed by atoms with van der Waals surface area (Å²) in [6.07, 6.45) is 3.24. The number of esters is 1. The summed E-state index contributed by atoms with van der Waals surface area (Å²) in [5, 5.41) is 4.88. The molecule has 0 heterocycles. The van der Waals surface area contributed by atoms with E-state index < -0.39 is 11.9 Å². The van der Waals surface area contributed by atoms with Crippen molar-refractivity contribution >= 4 is 29.2 Å². The molecule has 0 aliphatic heterocycles. The van der Waals surface area contributed by atoms with Crippen molar-refractivity contribution in [3.8, 4) is 0 Å². The van der Waals surface area contributed by atoms with Gasteiger partial charge in [-0.05, 0) is 54.9 Å². The molecule has 3 rings (SSSR count). The Bertz CT molecular complexity index is 727. The van der Waals surface area contributed by atoms with E-state index in [1.165, 1.54) is 6.42 Å². The summed E-state index contributed by atoms with van der Waals surface area (Å²) in [5.41, 5.74) is 4.18. The summed E-state index contributed by atoms with van der Waals surface area (Å²) in [6.45, 7) is 6.43. The van der Waals surface area contributed by atoms with Crippen LogP contribution in [0.1, 0.15) is 50.4 Å². The lowest BCUT2D eigenvalue weighted by Crippen LogP contribution is -2.34. The number of nitrogens with one attached hydrogen (secondary N) is 1. The lowest BCUT2D eigenvalue weighted by molar-refractivity contribution is -0.124. The van der Waals surface area contributed by atoms with E-state index in [0.29, 0.717) is 16.5 Å². The Balaban J connectivity index is 1.54. The van der Waals surface area contributed by atoms with Crippen LogP contribution in [-0.4, -0.2) is 24.2 Å². The normalized spacial score (nSPS) is 28.2. The third kappa shape index (κ3) is 3.17. The molecule has 2 bridgehead atoms. The van der Waals surface area contributed by atoms with Crippen molar-refractivity contribution in [3.05, 3.63) is 34.9 Å². The predicted molar refractivity (Wildman–Crippen MR) is 96.5 cm³/mol. The van der Waals surface area contributed by atoms with Crippen LogP contribution in [0.4, 0.5) is 0 Å². The molecule has 25 heavy (non-hydrogen) atoms. The smallest absolute Gasteiger partial charge is 0.338 e. The van der Waals surface area contributed by atoms with Gasteiger partial charge in [0, 0.05) is 16.1 Å². The molecule has 2 saturated carbocycles. The van der Waals surface area contributed by atoms with Crippen molar-refractivity contribution in [2.75, 3.05) is 6.61 Å². The first-order valence-electron chi connectivity index (χ1n) is 8.52. The van der Waals surface area contributed by atoms with E-state index in [9.17, 15) is 9.59 Å². The third-order valence-corrected chi connectivity index (χ3v) is 6.49. The fourth-order valence-electron chi connectivity index (χ4n) is 4.06. The largest absolute Gasteiger partial charge is 0.452 e. The Morgan fingerprint density at radius 1 is 1.28 bits per heavy atom. The highest BCUT2D eigenvalue weighted by Gasteiger charge is 2.59. The van der Waals surface area contributed by atoms with Crippen LogP contribution in [0.2, 0.25) is 5.02 Å². The molecular weight excluding hydrogens is 340 g/mol. The number of halogens is 1. The average molecular weight is 363 g/mol. The Labute approximate surface area is 152 Å². The van der Waals surface area contributed by atoms with E-state index in [1.807, 2.05) is 0 Å². The maximum atomic E-state index is 11.9. The highest BCUT2D eigenvalue weighted by Crippen LogP contribution is 2.63. The summed E-state index contributed by atoms with van der Waals surface area (Å²) in [4.78, 5) is 23.8. The van der Waals surface area contributed by atoms with Crippen LogP contribution in [0.25, 0.3) is 0 Å². The van der Waals surface area contributed by atoms with Crippen LogP contribution in [-0.2, 0) is 9.53 Å². The number of carbonyl (C=O) groups excluding carboxylic acids is 2. The highest BCUT2D eigenvalue weighted by molar-refractivity contribution is 6.30. The van der Waals surface area contributed by atoms with Crippen molar-refractivity contribution in [1.82, 2.24) is 5.43 Å². The van der Waals surface area contributed by atoms with E-state index in [1.54, 1.807) is 24.3 Å². The summed E-state index contributed by atoms with van der Waals surface area (Å²) >= 11 is 5.77. The highest BCUT2D eigenvalue weighted by atomic mass is 35.5. The van der Waals surface area contributed by atoms with Gasteiger partial charge >= 0.3 is 5.97 Å². The van der Waals surface area contributed by atoms with Crippen molar-refractivity contribution in [2.24, 2.45) is 21.8 Å². The average Bonchev–Trinajstić information content (AvgIpc) is 2.91. The second kappa shape index (κ2) is 6.45. The van der Waals surface area contributed by atoms with Gasteiger partial charge in [0.25, 0.3) is 5.91 Å². The van der Waals surface area contributed by atoms with E-state index >= 15 is 0 Å². The minimum atomic E-state index is -0.563. The molecule has 1 aromatic carbocycles. The molecule has 2 fully saturated rings. The van der Waals surface area contributed by atoms with Crippen molar-refractivity contribution < 1.29 is 14.3 Å². The summed E-state index contributed by atoms with van der Waals surface area (Å²) in [5.74, 6) is -0.373. The fraction of sp³-hybridized carbons (Fsp3) is 0.526. The molecule has 0 aromatic heterocycles. The lowest BCUT2D eigenvalue weighted by atomic mass is 9.70. The topological polar surface area (TPSA) is 67.8 Å². The zero-order valence-corrected chi connectivity index (χ0v) is 15.5. The van der Waals surface area contributed by atoms with Crippen LogP contribution in [0, 0.1) is 16.7 Å². The molecule has 0 spiro atoms. The summed E-state index contributed by atoms with van der Waals surface area (Å²) in [7, 11) is 0. The molecule has 5 nitrogen and oxygen atoms in total. The second-order valence-corrected chi connectivity index (χ2v) is 8.11.